The van der Waals surface area contributed by atoms with E-state index in [0.717, 1.165) is 24.1 Å². The first-order chi connectivity index (χ1) is 13.1. The molecule has 0 spiro atoms. The molecular weight excluding hydrogens is 356 g/mol. The minimum absolute atomic E-state index is 0.343. The second-order valence-corrected chi connectivity index (χ2v) is 7.81. The number of carbonyl (C=O) groups is 1. The largest absolute Gasteiger partial charge is 0.368 e. The maximum absolute atomic E-state index is 11.8. The number of hydrogen-bond donors (Lipinski definition) is 2. The van der Waals surface area contributed by atoms with Gasteiger partial charge in [-0.3, -0.25) is 14.8 Å². The Morgan fingerprint density at radius 3 is 2.52 bits per heavy atom. The van der Waals surface area contributed by atoms with E-state index in [-0.39, 0.29) is 5.91 Å². The Balaban J connectivity index is 1.59. The molecule has 3 N–H and O–H groups in total. The van der Waals surface area contributed by atoms with Crippen LogP contribution in [0.15, 0.2) is 55.1 Å². The average Bonchev–Trinajstić information content (AvgIpc) is 3.10. The van der Waals surface area contributed by atoms with Crippen LogP contribution in [0.4, 0.5) is 0 Å². The molecule has 0 aromatic carbocycles. The molecule has 0 aliphatic carbocycles. The Hall–Kier alpha value is -2.57. The van der Waals surface area contributed by atoms with Crippen molar-refractivity contribution < 1.29 is 4.79 Å². The van der Waals surface area contributed by atoms with Crippen LogP contribution in [-0.2, 0) is 24.1 Å². The van der Waals surface area contributed by atoms with Gasteiger partial charge in [0.2, 0.25) is 5.91 Å². The van der Waals surface area contributed by atoms with Crippen LogP contribution in [-0.4, -0.2) is 22.4 Å². The molecule has 0 radical (unpaired) electrons. The van der Waals surface area contributed by atoms with Gasteiger partial charge in [-0.25, -0.2) is 0 Å². The Morgan fingerprint density at radius 1 is 1.04 bits per heavy atom. The average molecular weight is 381 g/mol. The van der Waals surface area contributed by atoms with Crippen molar-refractivity contribution >= 4 is 17.2 Å². The fraction of sp³-hybridized carbons (Fsp3) is 0.286. The number of primary amides is 1. The Bertz CT molecular complexity index is 879. The highest BCUT2D eigenvalue weighted by atomic mass is 32.1. The summed E-state index contributed by atoms with van der Waals surface area (Å²) in [5.41, 5.74) is 9.34. The van der Waals surface area contributed by atoms with Crippen molar-refractivity contribution in [1.82, 2.24) is 15.3 Å². The second kappa shape index (κ2) is 9.39. The number of rotatable bonds is 9. The summed E-state index contributed by atoms with van der Waals surface area (Å²) in [5.74, 6) is -0.343. The van der Waals surface area contributed by atoms with E-state index in [1.807, 2.05) is 56.0 Å². The standard InChI is InChI=1S/C21H24N4OS/c1-15-2-5-19(27-15)20(21(22)26)25-13-9-17-8-12-24-14-18(17)4-3-16-6-10-23-11-7-16/h2,5-8,10-12,14,20,25H,3-4,9,13H2,1H3,(H2,22,26). The monoisotopic (exact) mass is 380 g/mol. The van der Waals surface area contributed by atoms with Gasteiger partial charge >= 0.3 is 0 Å². The van der Waals surface area contributed by atoms with E-state index >= 15 is 0 Å². The lowest BCUT2D eigenvalue weighted by Crippen LogP contribution is -2.34. The van der Waals surface area contributed by atoms with Gasteiger partial charge in [0.1, 0.15) is 6.04 Å². The predicted octanol–water partition coefficient (Wildman–Crippen LogP) is 2.99. The highest BCUT2D eigenvalue weighted by Gasteiger charge is 2.18. The highest BCUT2D eigenvalue weighted by Crippen LogP contribution is 2.22. The molecule has 27 heavy (non-hydrogen) atoms. The van der Waals surface area contributed by atoms with Crippen molar-refractivity contribution in [1.29, 1.82) is 0 Å². The van der Waals surface area contributed by atoms with Crippen LogP contribution >= 0.6 is 11.3 Å². The van der Waals surface area contributed by atoms with E-state index < -0.39 is 6.04 Å². The van der Waals surface area contributed by atoms with Gasteiger partial charge in [-0.05, 0) is 73.2 Å². The number of carbonyl (C=O) groups excluding carboxylic acids is 1. The van der Waals surface area contributed by atoms with Gasteiger partial charge < -0.3 is 11.1 Å². The van der Waals surface area contributed by atoms with Crippen LogP contribution in [0.2, 0.25) is 0 Å². The van der Waals surface area contributed by atoms with Crippen molar-refractivity contribution in [3.05, 3.63) is 81.6 Å². The summed E-state index contributed by atoms with van der Waals surface area (Å²) in [7, 11) is 0. The van der Waals surface area contributed by atoms with Crippen LogP contribution < -0.4 is 11.1 Å². The lowest BCUT2D eigenvalue weighted by molar-refractivity contribution is -0.120. The van der Waals surface area contributed by atoms with Crippen LogP contribution in [0, 0.1) is 6.92 Å². The summed E-state index contributed by atoms with van der Waals surface area (Å²) in [5, 5.41) is 3.31. The molecule has 1 atom stereocenters. The van der Waals surface area contributed by atoms with Crippen molar-refractivity contribution in [3.8, 4) is 0 Å². The Morgan fingerprint density at radius 2 is 1.81 bits per heavy atom. The number of aromatic nitrogens is 2. The SMILES string of the molecule is Cc1ccc(C(NCCc2ccncc2CCc2ccncc2)C(N)=O)s1. The topological polar surface area (TPSA) is 80.9 Å². The lowest BCUT2D eigenvalue weighted by Gasteiger charge is -2.15. The molecule has 3 aromatic heterocycles. The van der Waals surface area contributed by atoms with E-state index in [9.17, 15) is 4.79 Å². The molecule has 140 valence electrons. The van der Waals surface area contributed by atoms with Crippen LogP contribution in [0.25, 0.3) is 0 Å². The maximum Gasteiger partial charge on any atom is 0.239 e. The molecule has 0 aliphatic rings. The minimum Gasteiger partial charge on any atom is -0.368 e. The fourth-order valence-corrected chi connectivity index (χ4v) is 4.02. The number of nitrogens with two attached hydrogens (primary N) is 1. The zero-order valence-corrected chi connectivity index (χ0v) is 16.2. The molecule has 3 rings (SSSR count). The quantitative estimate of drug-likeness (QED) is 0.598. The summed E-state index contributed by atoms with van der Waals surface area (Å²) in [6.07, 6.45) is 10.1. The molecule has 0 bridgehead atoms. The van der Waals surface area contributed by atoms with Crippen molar-refractivity contribution in [2.75, 3.05) is 6.54 Å². The fourth-order valence-electron chi connectivity index (χ4n) is 3.05. The maximum atomic E-state index is 11.8. The summed E-state index contributed by atoms with van der Waals surface area (Å²) in [6, 6.07) is 9.67. The van der Waals surface area contributed by atoms with Gasteiger partial charge in [-0.1, -0.05) is 0 Å². The van der Waals surface area contributed by atoms with Gasteiger partial charge in [0.05, 0.1) is 0 Å². The Labute approximate surface area is 163 Å². The first-order valence-electron chi connectivity index (χ1n) is 9.03. The molecule has 0 aliphatic heterocycles. The predicted molar refractivity (Wildman–Crippen MR) is 109 cm³/mol. The van der Waals surface area contributed by atoms with Crippen molar-refractivity contribution in [3.63, 3.8) is 0 Å². The molecule has 5 nitrogen and oxygen atoms in total. The third-order valence-electron chi connectivity index (χ3n) is 4.51. The number of nitrogens with one attached hydrogen (secondary N) is 1. The van der Waals surface area contributed by atoms with Crippen molar-refractivity contribution in [2.45, 2.75) is 32.2 Å². The zero-order valence-electron chi connectivity index (χ0n) is 15.4. The molecular formula is C21H24N4OS. The van der Waals surface area contributed by atoms with E-state index in [0.29, 0.717) is 6.54 Å². The van der Waals surface area contributed by atoms with Gasteiger partial charge in [0, 0.05) is 41.1 Å². The number of amides is 1. The van der Waals surface area contributed by atoms with E-state index in [1.165, 1.54) is 21.6 Å². The van der Waals surface area contributed by atoms with E-state index in [4.69, 9.17) is 5.73 Å². The van der Waals surface area contributed by atoms with Crippen LogP contribution in [0.5, 0.6) is 0 Å². The van der Waals surface area contributed by atoms with E-state index in [2.05, 4.69) is 21.4 Å². The second-order valence-electron chi connectivity index (χ2n) is 6.49. The summed E-state index contributed by atoms with van der Waals surface area (Å²) >= 11 is 1.60. The molecule has 1 unspecified atom stereocenters. The third kappa shape index (κ3) is 5.45. The molecule has 3 aromatic rings. The van der Waals surface area contributed by atoms with Crippen LogP contribution in [0.3, 0.4) is 0 Å². The van der Waals surface area contributed by atoms with Gasteiger partial charge in [-0.2, -0.15) is 0 Å². The zero-order chi connectivity index (χ0) is 19.1. The van der Waals surface area contributed by atoms with Gasteiger partial charge in [-0.15, -0.1) is 11.3 Å². The lowest BCUT2D eigenvalue weighted by atomic mass is 10.0. The third-order valence-corrected chi connectivity index (χ3v) is 5.58. The molecule has 1 amide bonds. The normalized spacial score (nSPS) is 12.0. The Kier molecular flexibility index (Phi) is 6.68. The number of nitrogens with zero attached hydrogens (tertiary/aromatic N) is 2. The highest BCUT2D eigenvalue weighted by molar-refractivity contribution is 7.12. The first kappa shape index (κ1) is 19.2. The number of hydrogen-bond acceptors (Lipinski definition) is 5. The number of thiophene rings is 1. The van der Waals surface area contributed by atoms with Gasteiger partial charge in [0.25, 0.3) is 0 Å². The van der Waals surface area contributed by atoms with E-state index in [1.54, 1.807) is 11.3 Å². The smallest absolute Gasteiger partial charge is 0.239 e. The van der Waals surface area contributed by atoms with Crippen molar-refractivity contribution in [2.24, 2.45) is 5.73 Å². The van der Waals surface area contributed by atoms with Gasteiger partial charge in [0.15, 0.2) is 0 Å². The molecule has 6 heteroatoms. The summed E-state index contributed by atoms with van der Waals surface area (Å²) in [4.78, 5) is 22.3. The molecule has 0 fully saturated rings. The number of pyridine rings is 2. The molecule has 0 saturated carbocycles. The molecule has 0 saturated heterocycles. The minimum atomic E-state index is -0.439. The summed E-state index contributed by atoms with van der Waals surface area (Å²) < 4.78 is 0. The van der Waals surface area contributed by atoms with Crippen LogP contribution in [0.1, 0.15) is 32.5 Å². The first-order valence-corrected chi connectivity index (χ1v) is 9.85. The molecule has 3 heterocycles. The number of aryl methyl sites for hydroxylation is 3. The summed E-state index contributed by atoms with van der Waals surface area (Å²) in [6.45, 7) is 2.70.